The second-order valence-corrected chi connectivity index (χ2v) is 16.9. The van der Waals surface area contributed by atoms with Gasteiger partial charge in [0.25, 0.3) is 0 Å². The maximum Gasteiger partial charge on any atom is 0.330 e. The van der Waals surface area contributed by atoms with Gasteiger partial charge in [-0.3, -0.25) is 14.4 Å². The van der Waals surface area contributed by atoms with E-state index in [1.807, 2.05) is 0 Å². The number of cyclic esters (lactones) is 1. The molecule has 0 amide bonds. The number of hydrogen-bond donors (Lipinski definition) is 3. The number of unbranched alkanes of at least 4 members (excludes halogenated alkanes) is 4. The Labute approximate surface area is 343 Å². The average molecular weight is 821 g/mol. The maximum absolute atomic E-state index is 13.4. The fourth-order valence-electron chi connectivity index (χ4n) is 8.30. The minimum absolute atomic E-state index is 0.0358. The number of esters is 3. The summed E-state index contributed by atoms with van der Waals surface area (Å²) in [6.45, 7) is 8.59. The lowest BCUT2D eigenvalue weighted by Crippen LogP contribution is -2.62. The van der Waals surface area contributed by atoms with Crippen LogP contribution >= 0.6 is 0 Å². The average Bonchev–Trinajstić information content (AvgIpc) is 3.16. The van der Waals surface area contributed by atoms with Gasteiger partial charge in [0, 0.05) is 56.4 Å². The summed E-state index contributed by atoms with van der Waals surface area (Å²) < 4.78 is 42.3. The Balaban J connectivity index is 1.74. The Morgan fingerprint density at radius 2 is 1.66 bits per heavy atom. The molecule has 4 heterocycles. The Morgan fingerprint density at radius 3 is 2.36 bits per heavy atom. The highest BCUT2D eigenvalue weighted by Crippen LogP contribution is 2.47. The van der Waals surface area contributed by atoms with Crippen LogP contribution in [0.2, 0.25) is 0 Å². The van der Waals surface area contributed by atoms with Gasteiger partial charge in [0.1, 0.15) is 11.9 Å². The molecular formula is C44H68O14. The number of hydrogen-bond acceptors (Lipinski definition) is 14. The predicted molar refractivity (Wildman–Crippen MR) is 212 cm³/mol. The summed E-state index contributed by atoms with van der Waals surface area (Å²) in [4.78, 5) is 52.2. The summed E-state index contributed by atoms with van der Waals surface area (Å²) in [6, 6.07) is 0. The van der Waals surface area contributed by atoms with Crippen molar-refractivity contribution in [3.05, 3.63) is 36.5 Å². The molecule has 6 bridgehead atoms. The molecule has 3 saturated heterocycles. The van der Waals surface area contributed by atoms with Gasteiger partial charge in [-0.15, -0.1) is 6.58 Å². The van der Waals surface area contributed by atoms with Crippen LogP contribution in [0.1, 0.15) is 136 Å². The van der Waals surface area contributed by atoms with E-state index in [-0.39, 0.29) is 68.2 Å². The van der Waals surface area contributed by atoms with Gasteiger partial charge in [0.15, 0.2) is 12.4 Å². The van der Waals surface area contributed by atoms with Crippen molar-refractivity contribution in [3.63, 3.8) is 0 Å². The quantitative estimate of drug-likeness (QED) is 0.0643. The predicted octanol–water partition coefficient (Wildman–Crippen LogP) is 5.62. The highest BCUT2D eigenvalue weighted by Gasteiger charge is 2.57. The Hall–Kier alpha value is -2.98. The number of ketones is 1. The van der Waals surface area contributed by atoms with Gasteiger partial charge in [-0.1, -0.05) is 58.6 Å². The van der Waals surface area contributed by atoms with E-state index in [1.165, 1.54) is 13.2 Å². The van der Waals surface area contributed by atoms with Crippen molar-refractivity contribution >= 4 is 23.7 Å². The molecule has 0 saturated carbocycles. The molecule has 4 rings (SSSR count). The molecule has 3 fully saturated rings. The molecule has 14 heteroatoms. The number of ether oxygens (including phenoxy) is 7. The summed E-state index contributed by atoms with van der Waals surface area (Å²) >= 11 is 0. The van der Waals surface area contributed by atoms with Gasteiger partial charge in [-0.25, -0.2) is 4.79 Å². The van der Waals surface area contributed by atoms with Crippen molar-refractivity contribution in [3.8, 4) is 0 Å². The smallest absolute Gasteiger partial charge is 0.330 e. The number of methoxy groups -OCH3 is 1. The van der Waals surface area contributed by atoms with Gasteiger partial charge < -0.3 is 48.5 Å². The molecule has 0 spiro atoms. The molecular weight excluding hydrogens is 752 g/mol. The molecule has 4 aliphatic rings. The van der Waals surface area contributed by atoms with Gasteiger partial charge in [-0.05, 0) is 50.2 Å². The topological polar surface area (TPSA) is 194 Å². The first-order chi connectivity index (χ1) is 27.7. The largest absolute Gasteiger partial charge is 0.466 e. The number of aliphatic hydroxyl groups is 3. The number of fused-ring (bicyclic) bond motifs is 6. The number of aliphatic hydroxyl groups excluding tert-OH is 2. The third-order valence-corrected chi connectivity index (χ3v) is 11.5. The van der Waals surface area contributed by atoms with Crippen LogP contribution in [-0.2, 0) is 52.3 Å². The minimum Gasteiger partial charge on any atom is -0.466 e. The summed E-state index contributed by atoms with van der Waals surface area (Å²) in [5, 5.41) is 34.1. The highest BCUT2D eigenvalue weighted by molar-refractivity contribution is 5.83. The van der Waals surface area contributed by atoms with Crippen molar-refractivity contribution in [1.29, 1.82) is 0 Å². The summed E-state index contributed by atoms with van der Waals surface area (Å²) in [6.07, 6.45) is 8.00. The molecule has 14 nitrogen and oxygen atoms in total. The summed E-state index contributed by atoms with van der Waals surface area (Å²) in [5.41, 5.74) is -1.18. The van der Waals surface area contributed by atoms with E-state index >= 15 is 0 Å². The molecule has 0 radical (unpaired) electrons. The standard InChI is InChI=1S/C44H68O14/c1-6-8-10-11-12-17-38(48)57-42-29(21-39(49)52-5)20-36-27-37(28-45)54-40(50)24-31(47)23-32-15-13-16-33(53-32)25-35-26-34(22-30(46)14-9-7-2)55-41(56-35)18-19-43(3,4)44(42,51)58-36/h7,18-19,21,31-37,41-42,45,47,51H,2,6,8-17,20,22-28H2,1,3-5H3/b19-18+,29-21+/t31-,32+,33-,34?,35-,36+,37-,41+,42+,44-/m1/s1. The van der Waals surface area contributed by atoms with E-state index in [4.69, 9.17) is 33.2 Å². The Bertz CT molecular complexity index is 1420. The molecule has 0 aromatic heterocycles. The normalized spacial score (nSPS) is 34.6. The fourth-order valence-corrected chi connectivity index (χ4v) is 8.30. The SMILES string of the molecule is C=CCCC(=O)CC1C[C@H]2C[C@H]3CCC[C@@H](C[C@@H](O)CC(=O)O[C@@H](CO)C[C@@H]4C/C(=C\C(=O)OC)[C@H](OC(=O)CCCCCCC)[C@@](O)(O4)C(C)(C)/C=C/[C@@H](O1)O2)O3. The van der Waals surface area contributed by atoms with Crippen LogP contribution in [0.25, 0.3) is 0 Å². The van der Waals surface area contributed by atoms with E-state index in [2.05, 4.69) is 13.5 Å². The molecule has 0 aromatic carbocycles. The van der Waals surface area contributed by atoms with Crippen LogP contribution in [0.15, 0.2) is 36.5 Å². The molecule has 328 valence electrons. The molecule has 0 aliphatic carbocycles. The van der Waals surface area contributed by atoms with Crippen LogP contribution in [0.5, 0.6) is 0 Å². The second kappa shape index (κ2) is 23.1. The zero-order valence-electron chi connectivity index (χ0n) is 35.0. The summed E-state index contributed by atoms with van der Waals surface area (Å²) in [7, 11) is 1.21. The highest BCUT2D eigenvalue weighted by atomic mass is 16.7. The number of rotatable bonds is 14. The fraction of sp³-hybridized carbons (Fsp3) is 0.773. The van der Waals surface area contributed by atoms with Crippen LogP contribution in [0, 0.1) is 5.41 Å². The van der Waals surface area contributed by atoms with Crippen molar-refractivity contribution < 1.29 is 67.7 Å². The first-order valence-corrected chi connectivity index (χ1v) is 21.3. The Morgan fingerprint density at radius 1 is 0.931 bits per heavy atom. The summed E-state index contributed by atoms with van der Waals surface area (Å²) in [5.74, 6) is -4.35. The number of carbonyl (C=O) groups excluding carboxylic acids is 4. The molecule has 3 N–H and O–H groups in total. The van der Waals surface area contributed by atoms with Gasteiger partial charge in [0.2, 0.25) is 5.79 Å². The lowest BCUT2D eigenvalue weighted by Gasteiger charge is -2.51. The molecule has 10 atom stereocenters. The van der Waals surface area contributed by atoms with Crippen molar-refractivity contribution in [2.24, 2.45) is 5.41 Å². The third-order valence-electron chi connectivity index (χ3n) is 11.5. The van der Waals surface area contributed by atoms with Crippen molar-refractivity contribution in [1.82, 2.24) is 0 Å². The van der Waals surface area contributed by atoms with Gasteiger partial charge in [-0.2, -0.15) is 0 Å². The van der Waals surface area contributed by atoms with Crippen molar-refractivity contribution in [2.75, 3.05) is 13.7 Å². The minimum atomic E-state index is -2.33. The lowest BCUT2D eigenvalue weighted by atomic mass is 9.74. The van der Waals surface area contributed by atoms with Crippen LogP contribution in [0.3, 0.4) is 0 Å². The first kappa shape index (κ1) is 47.7. The molecule has 4 aliphatic heterocycles. The number of Topliss-reactive ketones (excluding diaryl/α,β-unsaturated/α-hetero) is 1. The lowest BCUT2D eigenvalue weighted by molar-refractivity contribution is -0.327. The zero-order valence-corrected chi connectivity index (χ0v) is 35.0. The van der Waals surface area contributed by atoms with Crippen LogP contribution in [0.4, 0.5) is 0 Å². The van der Waals surface area contributed by atoms with Crippen LogP contribution < -0.4 is 0 Å². The van der Waals surface area contributed by atoms with Gasteiger partial charge in [0.05, 0.1) is 56.8 Å². The molecule has 0 aromatic rings. The van der Waals surface area contributed by atoms with Gasteiger partial charge >= 0.3 is 17.9 Å². The Kier molecular flexibility index (Phi) is 19.0. The van der Waals surface area contributed by atoms with Crippen molar-refractivity contribution in [2.45, 2.75) is 197 Å². The van der Waals surface area contributed by atoms with E-state index in [1.54, 1.807) is 32.1 Å². The van der Waals surface area contributed by atoms with E-state index in [0.717, 1.165) is 44.9 Å². The monoisotopic (exact) mass is 820 g/mol. The van der Waals surface area contributed by atoms with E-state index in [0.29, 0.717) is 32.1 Å². The van der Waals surface area contributed by atoms with E-state index in [9.17, 15) is 34.5 Å². The molecule has 58 heavy (non-hydrogen) atoms. The number of allylic oxidation sites excluding steroid dienone is 1. The van der Waals surface area contributed by atoms with E-state index < -0.39 is 72.5 Å². The second-order valence-electron chi connectivity index (χ2n) is 16.9. The zero-order chi connectivity index (χ0) is 42.3. The first-order valence-electron chi connectivity index (χ1n) is 21.3. The third kappa shape index (κ3) is 14.3. The van der Waals surface area contributed by atoms with Crippen LogP contribution in [-0.4, -0.2) is 114 Å². The molecule has 1 unspecified atom stereocenters. The maximum atomic E-state index is 13.4. The number of carbonyl (C=O) groups is 4.